The Kier molecular flexibility index (Phi) is 5.45. The number of pyridine rings is 1. The number of nitrogens with zero attached hydrogens (tertiary/aromatic N) is 7. The Morgan fingerprint density at radius 2 is 1.74 bits per heavy atom. The van der Waals surface area contributed by atoms with E-state index in [9.17, 15) is 4.39 Å². The van der Waals surface area contributed by atoms with E-state index in [4.69, 9.17) is 4.98 Å². The van der Waals surface area contributed by atoms with Crippen LogP contribution in [0.15, 0.2) is 43.0 Å². The lowest BCUT2D eigenvalue weighted by Gasteiger charge is -2.44. The fourth-order valence-corrected chi connectivity index (χ4v) is 5.60. The molecule has 2 aliphatic heterocycles. The number of rotatable bonds is 3. The summed E-state index contributed by atoms with van der Waals surface area (Å²) in [5.41, 5.74) is 5.05. The summed E-state index contributed by atoms with van der Waals surface area (Å²) in [5, 5.41) is 5.53. The van der Waals surface area contributed by atoms with Gasteiger partial charge in [0.25, 0.3) is 0 Å². The van der Waals surface area contributed by atoms with Gasteiger partial charge in [0.15, 0.2) is 5.65 Å². The van der Waals surface area contributed by atoms with Crippen molar-refractivity contribution >= 4 is 22.2 Å². The van der Waals surface area contributed by atoms with Crippen LogP contribution in [0.1, 0.15) is 18.4 Å². The number of anilines is 1. The molecule has 0 bridgehead atoms. The normalized spacial score (nSPS) is 19.6. The molecule has 1 aromatic carbocycles. The van der Waals surface area contributed by atoms with Crippen molar-refractivity contribution in [3.63, 3.8) is 0 Å². The van der Waals surface area contributed by atoms with E-state index in [1.165, 1.54) is 45.1 Å². The predicted octanol–water partition coefficient (Wildman–Crippen LogP) is 3.75. The van der Waals surface area contributed by atoms with Crippen molar-refractivity contribution in [2.45, 2.75) is 25.8 Å². The summed E-state index contributed by atoms with van der Waals surface area (Å²) >= 11 is 0. The molecule has 182 valence electrons. The van der Waals surface area contributed by atoms with Gasteiger partial charge in [0, 0.05) is 55.4 Å². The fourth-order valence-electron chi connectivity index (χ4n) is 5.60. The number of fused-ring (bicyclic) bond motifs is 2. The number of hydrogen-bond donors (Lipinski definition) is 0. The number of aromatic nitrogens is 4. The fraction of sp³-hybridized carbons (Fsp3) is 0.444. The second kappa shape index (κ2) is 8.53. The van der Waals surface area contributed by atoms with Crippen LogP contribution >= 0.6 is 0 Å². The largest absolute Gasteiger partial charge is 0.369 e. The molecule has 6 rings (SSSR count). The summed E-state index contributed by atoms with van der Waals surface area (Å²) in [6.07, 6.45) is 10.00. The van der Waals surface area contributed by atoms with Crippen LogP contribution in [0.5, 0.6) is 0 Å². The molecule has 2 aliphatic rings. The molecular weight excluding hydrogens is 441 g/mol. The number of piperazine rings is 1. The molecular formula is C27H33FN7+. The Labute approximate surface area is 205 Å². The van der Waals surface area contributed by atoms with Crippen LogP contribution in [0.4, 0.5) is 10.1 Å². The van der Waals surface area contributed by atoms with Gasteiger partial charge in [-0.05, 0) is 43.0 Å². The van der Waals surface area contributed by atoms with Crippen molar-refractivity contribution < 1.29 is 8.87 Å². The summed E-state index contributed by atoms with van der Waals surface area (Å²) in [6.45, 7) is 8.75. The van der Waals surface area contributed by atoms with Crippen molar-refractivity contribution in [3.8, 4) is 11.1 Å². The molecule has 7 nitrogen and oxygen atoms in total. The van der Waals surface area contributed by atoms with Gasteiger partial charge >= 0.3 is 0 Å². The highest BCUT2D eigenvalue weighted by molar-refractivity contribution is 5.98. The van der Waals surface area contributed by atoms with Gasteiger partial charge in [0.05, 0.1) is 57.0 Å². The van der Waals surface area contributed by atoms with Gasteiger partial charge in [-0.3, -0.25) is 9.88 Å². The molecule has 0 amide bonds. The second-order valence-corrected chi connectivity index (χ2v) is 10.8. The number of piperidine rings is 1. The molecule has 0 radical (unpaired) electrons. The number of likely N-dealkylation sites (N-methyl/N-ethyl adjacent to an activating group) is 1. The van der Waals surface area contributed by atoms with Crippen LogP contribution < -0.4 is 4.90 Å². The molecule has 4 aromatic rings. The lowest BCUT2D eigenvalue weighted by molar-refractivity contribution is -0.894. The Balaban J connectivity index is 1.22. The Bertz CT molecular complexity index is 1380. The van der Waals surface area contributed by atoms with E-state index in [0.29, 0.717) is 17.1 Å². The quantitative estimate of drug-likeness (QED) is 0.423. The van der Waals surface area contributed by atoms with Crippen molar-refractivity contribution in [2.75, 3.05) is 58.3 Å². The average Bonchev–Trinajstić information content (AvgIpc) is 3.28. The first-order chi connectivity index (χ1) is 16.9. The van der Waals surface area contributed by atoms with Crippen LogP contribution in [0.3, 0.4) is 0 Å². The minimum absolute atomic E-state index is 0.239. The van der Waals surface area contributed by atoms with Gasteiger partial charge in [0.1, 0.15) is 5.82 Å². The van der Waals surface area contributed by atoms with E-state index in [-0.39, 0.29) is 5.82 Å². The molecule has 2 fully saturated rings. The lowest BCUT2D eigenvalue weighted by atomic mass is 10.0. The number of quaternary nitrogens is 1. The highest BCUT2D eigenvalue weighted by atomic mass is 19.1. The second-order valence-electron chi connectivity index (χ2n) is 10.8. The minimum Gasteiger partial charge on any atom is -0.369 e. The van der Waals surface area contributed by atoms with Crippen LogP contribution in [0, 0.1) is 12.7 Å². The van der Waals surface area contributed by atoms with Gasteiger partial charge in [-0.1, -0.05) is 0 Å². The van der Waals surface area contributed by atoms with E-state index in [1.54, 1.807) is 13.1 Å². The number of benzene rings is 1. The van der Waals surface area contributed by atoms with Gasteiger partial charge in [-0.2, -0.15) is 5.10 Å². The molecule has 0 N–H and O–H groups in total. The topological polar surface area (TPSA) is 49.6 Å². The molecule has 0 atom stereocenters. The van der Waals surface area contributed by atoms with Gasteiger partial charge < -0.3 is 9.38 Å². The third-order valence-corrected chi connectivity index (χ3v) is 7.99. The molecule has 0 saturated carbocycles. The molecule has 3 aromatic heterocycles. The highest BCUT2D eigenvalue weighted by Gasteiger charge is 2.31. The molecule has 0 unspecified atom stereocenters. The van der Waals surface area contributed by atoms with E-state index in [1.807, 2.05) is 29.0 Å². The first-order valence-corrected chi connectivity index (χ1v) is 12.6. The van der Waals surface area contributed by atoms with Gasteiger partial charge in [0.2, 0.25) is 0 Å². The zero-order chi connectivity index (χ0) is 24.2. The van der Waals surface area contributed by atoms with Gasteiger partial charge in [-0.25, -0.2) is 13.9 Å². The zero-order valence-electron chi connectivity index (χ0n) is 20.8. The Morgan fingerprint density at radius 3 is 2.51 bits per heavy atom. The van der Waals surface area contributed by atoms with Crippen molar-refractivity contribution in [1.29, 1.82) is 0 Å². The maximum absolute atomic E-state index is 14.1. The Morgan fingerprint density at radius 1 is 0.971 bits per heavy atom. The van der Waals surface area contributed by atoms with E-state index in [0.717, 1.165) is 45.4 Å². The number of aryl methyl sites for hydroxylation is 1. The summed E-state index contributed by atoms with van der Waals surface area (Å²) in [5.74, 6) is -0.239. The molecule has 0 spiro atoms. The van der Waals surface area contributed by atoms with Crippen molar-refractivity contribution in [2.24, 2.45) is 0 Å². The summed E-state index contributed by atoms with van der Waals surface area (Å²) in [4.78, 5) is 14.3. The molecule has 0 aliphatic carbocycles. The third kappa shape index (κ3) is 4.15. The summed E-state index contributed by atoms with van der Waals surface area (Å²) in [7, 11) is 4.67. The maximum atomic E-state index is 14.1. The average molecular weight is 475 g/mol. The van der Waals surface area contributed by atoms with Crippen LogP contribution in [0.25, 0.3) is 27.7 Å². The molecule has 5 heterocycles. The maximum Gasteiger partial charge on any atom is 0.162 e. The van der Waals surface area contributed by atoms with Crippen molar-refractivity contribution in [3.05, 3.63) is 54.4 Å². The monoisotopic (exact) mass is 474 g/mol. The number of hydrogen-bond acceptors (Lipinski definition) is 5. The predicted molar refractivity (Wildman–Crippen MR) is 137 cm³/mol. The number of halogens is 1. The van der Waals surface area contributed by atoms with E-state index >= 15 is 0 Å². The van der Waals surface area contributed by atoms with Crippen LogP contribution in [-0.4, -0.2) is 88.4 Å². The molecule has 35 heavy (non-hydrogen) atoms. The minimum atomic E-state index is -0.239. The van der Waals surface area contributed by atoms with Crippen LogP contribution in [-0.2, 0) is 0 Å². The smallest absolute Gasteiger partial charge is 0.162 e. The van der Waals surface area contributed by atoms with Crippen LogP contribution in [0.2, 0.25) is 0 Å². The van der Waals surface area contributed by atoms with E-state index in [2.05, 4.69) is 40.2 Å². The van der Waals surface area contributed by atoms with Crippen molar-refractivity contribution in [1.82, 2.24) is 24.5 Å². The Hall–Kier alpha value is -3.10. The first kappa shape index (κ1) is 22.4. The SMILES string of the molecule is Cc1cc2c(-c3cnn4cc(N5CCC(N6CC[N+](C)(C)CC6)CC5)cnc34)ccnc2cc1F. The lowest BCUT2D eigenvalue weighted by Crippen LogP contribution is -2.58. The first-order valence-electron chi connectivity index (χ1n) is 12.6. The summed E-state index contributed by atoms with van der Waals surface area (Å²) < 4.78 is 17.1. The molecule has 2 saturated heterocycles. The standard InChI is InChI=1S/C27H33FN7/c1-19-14-23-22(4-7-29-26(23)15-25(19)28)24-17-31-34-18-21(16-30-27(24)34)32-8-5-20(6-9-32)33-10-12-35(2,3)13-11-33/h4,7,14-18,20H,5-6,8-13H2,1-3H3/q+1. The third-order valence-electron chi connectivity index (χ3n) is 7.99. The van der Waals surface area contributed by atoms with E-state index < -0.39 is 0 Å². The molecule has 8 heteroatoms. The zero-order valence-corrected chi connectivity index (χ0v) is 20.8. The highest BCUT2D eigenvalue weighted by Crippen LogP contribution is 2.32. The summed E-state index contributed by atoms with van der Waals surface area (Å²) in [6, 6.07) is 6.00. The van der Waals surface area contributed by atoms with Gasteiger partial charge in [-0.15, -0.1) is 0 Å².